The number of carbonyl (C=O) groups excluding carboxylic acids is 2. The number of aliphatic carboxylic acids is 1. The van der Waals surface area contributed by atoms with Crippen molar-refractivity contribution in [2.75, 3.05) is 18.0 Å². The second-order valence-electron chi connectivity index (χ2n) is 6.56. The summed E-state index contributed by atoms with van der Waals surface area (Å²) in [6.07, 6.45) is 2.57. The first-order valence-electron chi connectivity index (χ1n) is 8.29. The Bertz CT molecular complexity index is 716. The molecule has 1 aromatic rings. The Hall–Kier alpha value is -2.64. The third kappa shape index (κ3) is 3.57. The van der Waals surface area contributed by atoms with Crippen LogP contribution < -0.4 is 15.5 Å². The van der Waals surface area contributed by atoms with Gasteiger partial charge in [-0.3, -0.25) is 14.5 Å². The van der Waals surface area contributed by atoms with E-state index < -0.39 is 23.2 Å². The van der Waals surface area contributed by atoms with Gasteiger partial charge >= 0.3 is 12.0 Å². The van der Waals surface area contributed by atoms with Crippen LogP contribution in [0, 0.1) is 5.82 Å². The van der Waals surface area contributed by atoms with Crippen molar-refractivity contribution in [3.63, 3.8) is 0 Å². The van der Waals surface area contributed by atoms with Crippen molar-refractivity contribution in [2.45, 2.75) is 37.6 Å². The van der Waals surface area contributed by atoms with Crippen molar-refractivity contribution in [3.8, 4) is 0 Å². The van der Waals surface area contributed by atoms with Crippen LogP contribution in [0.1, 0.15) is 42.5 Å². The molecule has 3 rings (SSSR count). The van der Waals surface area contributed by atoms with Crippen LogP contribution in [0.4, 0.5) is 14.9 Å². The van der Waals surface area contributed by atoms with Gasteiger partial charge in [-0.1, -0.05) is 12.8 Å². The summed E-state index contributed by atoms with van der Waals surface area (Å²) in [4.78, 5) is 36.9. The summed E-state index contributed by atoms with van der Waals surface area (Å²) in [5.74, 6) is -2.35. The topological polar surface area (TPSA) is 98.7 Å². The van der Waals surface area contributed by atoms with Gasteiger partial charge in [0.15, 0.2) is 0 Å². The predicted molar refractivity (Wildman–Crippen MR) is 88.1 cm³/mol. The Kier molecular flexibility index (Phi) is 4.61. The van der Waals surface area contributed by atoms with Crippen LogP contribution in [0.15, 0.2) is 18.2 Å². The van der Waals surface area contributed by atoms with E-state index in [1.165, 1.54) is 17.0 Å². The number of benzene rings is 1. The number of carboxylic acids is 1. The first kappa shape index (κ1) is 17.2. The first-order valence-corrected chi connectivity index (χ1v) is 8.29. The van der Waals surface area contributed by atoms with Crippen molar-refractivity contribution in [2.24, 2.45) is 0 Å². The molecule has 3 amide bonds. The SMILES string of the molecule is O=C(O)CC1(NC(=O)c2cc(N3CCNC3=O)ccc2F)CCCC1. The van der Waals surface area contributed by atoms with Gasteiger partial charge < -0.3 is 15.7 Å². The number of hydrogen-bond acceptors (Lipinski definition) is 3. The summed E-state index contributed by atoms with van der Waals surface area (Å²) < 4.78 is 14.2. The third-order valence-corrected chi connectivity index (χ3v) is 4.79. The summed E-state index contributed by atoms with van der Waals surface area (Å²) in [5.41, 5.74) is -0.592. The van der Waals surface area contributed by atoms with Crippen molar-refractivity contribution in [1.82, 2.24) is 10.6 Å². The van der Waals surface area contributed by atoms with Gasteiger partial charge in [-0.05, 0) is 31.0 Å². The molecular formula is C17H20FN3O4. The van der Waals surface area contributed by atoms with Gasteiger partial charge in [-0.25, -0.2) is 9.18 Å². The molecule has 0 spiro atoms. The summed E-state index contributed by atoms with van der Waals surface area (Å²) >= 11 is 0. The molecule has 0 unspecified atom stereocenters. The molecule has 2 aliphatic rings. The lowest BCUT2D eigenvalue weighted by atomic mass is 9.92. The van der Waals surface area contributed by atoms with Gasteiger partial charge in [0.2, 0.25) is 0 Å². The molecule has 8 heteroatoms. The quantitative estimate of drug-likeness (QED) is 0.756. The van der Waals surface area contributed by atoms with E-state index in [0.717, 1.165) is 18.9 Å². The van der Waals surface area contributed by atoms with E-state index in [0.29, 0.717) is 31.6 Å². The van der Waals surface area contributed by atoms with Crippen LogP contribution >= 0.6 is 0 Å². The zero-order valence-electron chi connectivity index (χ0n) is 13.7. The number of amides is 3. The van der Waals surface area contributed by atoms with E-state index in [1.54, 1.807) is 0 Å². The van der Waals surface area contributed by atoms with Crippen LogP contribution in [-0.2, 0) is 4.79 Å². The summed E-state index contributed by atoms with van der Waals surface area (Å²) in [6.45, 7) is 0.925. The average Bonchev–Trinajstić information content (AvgIpc) is 3.16. The molecule has 134 valence electrons. The Morgan fingerprint density at radius 2 is 2.04 bits per heavy atom. The Labute approximate surface area is 144 Å². The number of halogens is 1. The molecule has 25 heavy (non-hydrogen) atoms. The van der Waals surface area contributed by atoms with Crippen molar-refractivity contribution < 1.29 is 23.9 Å². The highest BCUT2D eigenvalue weighted by atomic mass is 19.1. The molecule has 2 fully saturated rings. The van der Waals surface area contributed by atoms with E-state index in [-0.39, 0.29) is 18.0 Å². The highest BCUT2D eigenvalue weighted by molar-refractivity contribution is 5.99. The van der Waals surface area contributed by atoms with Crippen molar-refractivity contribution >= 4 is 23.6 Å². The first-order chi connectivity index (χ1) is 11.9. The lowest BCUT2D eigenvalue weighted by Gasteiger charge is -2.29. The molecule has 3 N–H and O–H groups in total. The fraction of sp³-hybridized carbons (Fsp3) is 0.471. The highest BCUT2D eigenvalue weighted by Gasteiger charge is 2.38. The maximum absolute atomic E-state index is 14.2. The maximum Gasteiger partial charge on any atom is 0.321 e. The second-order valence-corrected chi connectivity index (χ2v) is 6.56. The zero-order valence-corrected chi connectivity index (χ0v) is 13.7. The van der Waals surface area contributed by atoms with E-state index in [9.17, 15) is 18.8 Å². The number of anilines is 1. The van der Waals surface area contributed by atoms with E-state index in [1.807, 2.05) is 0 Å². The molecule has 0 bridgehead atoms. The molecular weight excluding hydrogens is 329 g/mol. The summed E-state index contributed by atoms with van der Waals surface area (Å²) in [5, 5.41) is 14.5. The molecule has 0 atom stereocenters. The van der Waals surface area contributed by atoms with Gasteiger partial charge in [-0.2, -0.15) is 0 Å². The second kappa shape index (κ2) is 6.70. The predicted octanol–water partition coefficient (Wildman–Crippen LogP) is 1.87. The molecule has 1 saturated heterocycles. The van der Waals surface area contributed by atoms with E-state index in [2.05, 4.69) is 10.6 Å². The van der Waals surface area contributed by atoms with Gasteiger partial charge in [0.25, 0.3) is 5.91 Å². The Morgan fingerprint density at radius 1 is 1.32 bits per heavy atom. The number of rotatable bonds is 5. The number of hydrogen-bond donors (Lipinski definition) is 3. The maximum atomic E-state index is 14.2. The molecule has 1 aliphatic heterocycles. The summed E-state index contributed by atoms with van der Waals surface area (Å²) in [7, 11) is 0. The third-order valence-electron chi connectivity index (χ3n) is 4.79. The van der Waals surface area contributed by atoms with Gasteiger partial charge in [0.05, 0.1) is 17.5 Å². The van der Waals surface area contributed by atoms with Crippen molar-refractivity contribution in [1.29, 1.82) is 0 Å². The molecule has 7 nitrogen and oxygen atoms in total. The minimum atomic E-state index is -0.995. The van der Waals surface area contributed by atoms with Crippen molar-refractivity contribution in [3.05, 3.63) is 29.6 Å². The normalized spacial score (nSPS) is 18.9. The van der Waals surface area contributed by atoms with Crippen LogP contribution in [0.3, 0.4) is 0 Å². The average molecular weight is 349 g/mol. The zero-order chi connectivity index (χ0) is 18.0. The van der Waals surface area contributed by atoms with Gasteiger partial charge in [-0.15, -0.1) is 0 Å². The number of urea groups is 1. The Balaban J connectivity index is 1.83. The molecule has 0 aromatic heterocycles. The van der Waals surface area contributed by atoms with Crippen LogP contribution in [-0.4, -0.2) is 41.6 Å². The van der Waals surface area contributed by atoms with Gasteiger partial charge in [0, 0.05) is 18.8 Å². The van der Waals surface area contributed by atoms with Crippen LogP contribution in [0.5, 0.6) is 0 Å². The summed E-state index contributed by atoms with van der Waals surface area (Å²) in [6, 6.07) is 3.63. The number of nitrogens with one attached hydrogen (secondary N) is 2. The lowest BCUT2D eigenvalue weighted by molar-refractivity contribution is -0.138. The smallest absolute Gasteiger partial charge is 0.321 e. The van der Waals surface area contributed by atoms with Crippen LogP contribution in [0.25, 0.3) is 0 Å². The minimum absolute atomic E-state index is 0.186. The highest BCUT2D eigenvalue weighted by Crippen LogP contribution is 2.33. The molecule has 1 saturated carbocycles. The van der Waals surface area contributed by atoms with E-state index >= 15 is 0 Å². The fourth-order valence-corrected chi connectivity index (χ4v) is 3.57. The number of carboxylic acid groups (broad SMARTS) is 1. The largest absolute Gasteiger partial charge is 0.481 e. The molecule has 1 aliphatic carbocycles. The van der Waals surface area contributed by atoms with Crippen LogP contribution in [0.2, 0.25) is 0 Å². The number of nitrogens with zero attached hydrogens (tertiary/aromatic N) is 1. The lowest BCUT2D eigenvalue weighted by Crippen LogP contribution is -2.48. The standard InChI is InChI=1S/C17H20FN3O4/c18-13-4-3-11(21-8-7-19-16(21)25)9-12(13)15(24)20-17(10-14(22)23)5-1-2-6-17/h3-4,9H,1-2,5-8,10H2,(H,19,25)(H,20,24)(H,22,23). The fourth-order valence-electron chi connectivity index (χ4n) is 3.57. The molecule has 1 aromatic carbocycles. The van der Waals surface area contributed by atoms with E-state index in [4.69, 9.17) is 5.11 Å². The minimum Gasteiger partial charge on any atom is -0.481 e. The number of carbonyl (C=O) groups is 3. The molecule has 0 radical (unpaired) electrons. The Morgan fingerprint density at radius 3 is 2.64 bits per heavy atom. The van der Waals surface area contributed by atoms with Gasteiger partial charge in [0.1, 0.15) is 5.82 Å². The molecule has 1 heterocycles. The monoisotopic (exact) mass is 349 g/mol.